The number of Topliss-reactive ketones (excluding diaryl/α,β-unsaturated/α-hetero) is 1. The first-order valence-electron chi connectivity index (χ1n) is 10.2. The molecule has 0 atom stereocenters. The number of quaternary nitrogens is 1. The summed E-state index contributed by atoms with van der Waals surface area (Å²) in [4.78, 5) is 29.4. The molecule has 1 N–H and O–H groups in total. The van der Waals surface area contributed by atoms with Gasteiger partial charge in [-0.3, -0.25) is 19.4 Å². The average molecular weight is 471 g/mol. The van der Waals surface area contributed by atoms with Gasteiger partial charge in [0.2, 0.25) is 0 Å². The monoisotopic (exact) mass is 470 g/mol. The first kappa shape index (κ1) is 24.5. The maximum atomic E-state index is 12.3. The minimum Gasteiger partial charge on any atom is -0.747 e. The van der Waals surface area contributed by atoms with Crippen LogP contribution in [0.4, 0.5) is 11.4 Å². The number of ketones is 1. The van der Waals surface area contributed by atoms with Gasteiger partial charge in [-0.2, -0.15) is 0 Å². The van der Waals surface area contributed by atoms with Gasteiger partial charge in [0.15, 0.2) is 5.78 Å². The van der Waals surface area contributed by atoms with Gasteiger partial charge in [0.25, 0.3) is 5.69 Å². The summed E-state index contributed by atoms with van der Waals surface area (Å²) in [6, 6.07) is 5.22. The van der Waals surface area contributed by atoms with Crippen LogP contribution in [0.25, 0.3) is 0 Å². The van der Waals surface area contributed by atoms with Gasteiger partial charge in [-0.05, 0) is 6.07 Å². The van der Waals surface area contributed by atoms with Crippen molar-refractivity contribution in [2.45, 2.75) is 20.8 Å². The highest BCUT2D eigenvalue weighted by atomic mass is 32.2. The fourth-order valence-electron chi connectivity index (χ4n) is 4.25. The number of nitro groups is 1. The molecule has 4 fully saturated rings. The lowest BCUT2D eigenvalue weighted by atomic mass is 9.90. The molecule has 1 aromatic rings. The van der Waals surface area contributed by atoms with Gasteiger partial charge in [-0.25, -0.2) is 23.1 Å². The second-order valence-corrected chi connectivity index (χ2v) is 11.1. The van der Waals surface area contributed by atoms with Crippen LogP contribution in [0.1, 0.15) is 20.8 Å². The number of nitro benzene ring substituents is 1. The summed E-state index contributed by atoms with van der Waals surface area (Å²) in [7, 11) is -4.39. The van der Waals surface area contributed by atoms with Crippen LogP contribution in [0, 0.1) is 15.5 Å². The van der Waals surface area contributed by atoms with Crippen molar-refractivity contribution in [2.24, 2.45) is 5.41 Å². The number of nitrogens with zero attached hydrogens (tertiary/aromatic N) is 5. The van der Waals surface area contributed by atoms with Crippen LogP contribution >= 0.6 is 0 Å². The third kappa shape index (κ3) is 6.43. The summed E-state index contributed by atoms with van der Waals surface area (Å²) >= 11 is 0. The van der Waals surface area contributed by atoms with Crippen LogP contribution in [0.3, 0.4) is 0 Å². The number of benzene rings is 1. The molecule has 0 amide bonds. The summed E-state index contributed by atoms with van der Waals surface area (Å²) in [5, 5.41) is 12.6. The molecule has 12 nitrogen and oxygen atoms in total. The first-order chi connectivity index (χ1) is 14.7. The molecule has 0 radical (unpaired) electrons. The summed E-state index contributed by atoms with van der Waals surface area (Å²) in [5.41, 5.74) is -0.173. The predicted octanol–water partition coefficient (Wildman–Crippen LogP) is 0.620. The van der Waals surface area contributed by atoms with Crippen LogP contribution in [-0.4, -0.2) is 95.3 Å². The van der Waals surface area contributed by atoms with Crippen molar-refractivity contribution >= 4 is 27.3 Å². The summed E-state index contributed by atoms with van der Waals surface area (Å²) < 4.78 is 31.7. The third-order valence-corrected chi connectivity index (χ3v) is 6.02. The van der Waals surface area contributed by atoms with E-state index in [-0.39, 0.29) is 16.8 Å². The lowest BCUT2D eigenvalue weighted by molar-refractivity contribution is -0.973. The van der Waals surface area contributed by atoms with E-state index >= 15 is 0 Å². The Bertz CT molecular complexity index is 941. The fraction of sp³-hybridized carbons (Fsp3) is 0.632. The van der Waals surface area contributed by atoms with Gasteiger partial charge in [-0.15, -0.1) is 0 Å². The van der Waals surface area contributed by atoms with Gasteiger partial charge in [0.05, 0.1) is 24.9 Å². The zero-order valence-corrected chi connectivity index (χ0v) is 19.4. The maximum absolute atomic E-state index is 12.3. The molecule has 4 aliphatic heterocycles. The minimum absolute atomic E-state index is 0.178. The van der Waals surface area contributed by atoms with Crippen LogP contribution in [0.5, 0.6) is 0 Å². The van der Waals surface area contributed by atoms with Crippen molar-refractivity contribution in [3.05, 3.63) is 34.4 Å². The van der Waals surface area contributed by atoms with Crippen LogP contribution in [0.2, 0.25) is 0 Å². The van der Waals surface area contributed by atoms with E-state index in [1.165, 1.54) is 18.2 Å². The quantitative estimate of drug-likeness (QED) is 0.272. The zero-order valence-electron chi connectivity index (χ0n) is 18.6. The van der Waals surface area contributed by atoms with Crippen LogP contribution in [-0.2, 0) is 14.9 Å². The number of rotatable bonds is 6. The summed E-state index contributed by atoms with van der Waals surface area (Å²) in [6.07, 6.45) is 0. The molecule has 178 valence electrons. The molecule has 4 aliphatic rings. The SMILES string of the molecule is CC(C)(C)C(=O)C[N+]12CN3CN(CN(C3)C1)C2.O=[N+]([O-])c1cccc(NCS(=O)(=O)[O-])c1. The highest BCUT2D eigenvalue weighted by Crippen LogP contribution is 2.30. The summed E-state index contributed by atoms with van der Waals surface area (Å²) in [5.74, 6) is -0.406. The van der Waals surface area contributed by atoms with Crippen LogP contribution in [0.15, 0.2) is 24.3 Å². The fourth-order valence-corrected chi connectivity index (χ4v) is 4.59. The highest BCUT2D eigenvalue weighted by Gasteiger charge is 2.50. The molecular weight excluding hydrogens is 440 g/mol. The Morgan fingerprint density at radius 3 is 2.09 bits per heavy atom. The van der Waals surface area contributed by atoms with Crippen molar-refractivity contribution in [3.63, 3.8) is 0 Å². The Hall–Kier alpha value is -2.16. The van der Waals surface area contributed by atoms with E-state index in [1.807, 2.05) is 20.8 Å². The average Bonchev–Trinajstić information content (AvgIpc) is 2.64. The van der Waals surface area contributed by atoms with E-state index < -0.39 is 20.9 Å². The third-order valence-electron chi connectivity index (χ3n) is 5.53. The maximum Gasteiger partial charge on any atom is 0.271 e. The number of carbonyl (C=O) groups excluding carboxylic acids is 1. The lowest BCUT2D eigenvalue weighted by Gasteiger charge is -2.60. The Morgan fingerprint density at radius 1 is 1.12 bits per heavy atom. The van der Waals surface area contributed by atoms with E-state index in [9.17, 15) is 27.9 Å². The number of non-ortho nitro benzene ring substituents is 1. The van der Waals surface area contributed by atoms with Crippen molar-refractivity contribution < 1.29 is 27.2 Å². The molecule has 0 aliphatic carbocycles. The normalized spacial score (nSPS) is 28.6. The number of nitrogens with one attached hydrogen (secondary N) is 1. The lowest BCUT2D eigenvalue weighted by Crippen LogP contribution is -2.80. The topological polar surface area (TPSA) is 139 Å². The molecule has 1 aromatic carbocycles. The molecule has 13 heteroatoms. The highest BCUT2D eigenvalue weighted by molar-refractivity contribution is 7.85. The molecular formula is C19H30N6O6S. The van der Waals surface area contributed by atoms with Gasteiger partial charge in [0.1, 0.15) is 42.5 Å². The van der Waals surface area contributed by atoms with E-state index in [1.54, 1.807) is 0 Å². The Morgan fingerprint density at radius 2 is 1.66 bits per heavy atom. The number of hydrogen-bond acceptors (Lipinski definition) is 10. The molecule has 5 rings (SSSR count). The molecule has 4 bridgehead atoms. The van der Waals surface area contributed by atoms with Gasteiger partial charge >= 0.3 is 0 Å². The number of carbonyl (C=O) groups is 1. The molecule has 0 aromatic heterocycles. The smallest absolute Gasteiger partial charge is 0.271 e. The largest absolute Gasteiger partial charge is 0.747 e. The molecule has 0 spiro atoms. The zero-order chi connectivity index (χ0) is 23.7. The predicted molar refractivity (Wildman–Crippen MR) is 116 cm³/mol. The van der Waals surface area contributed by atoms with E-state index in [2.05, 4.69) is 20.0 Å². The molecule has 0 unspecified atom stereocenters. The second kappa shape index (κ2) is 9.00. The second-order valence-electron chi connectivity index (χ2n) is 9.72. The standard InChI is InChI=1S/C12H23N4O.C7H8N2O5S/c1-12(2,3)11(17)4-16-8-13-5-14(9-16)7-15(6-13)10-16;10-9(11)7-3-1-2-6(4-7)8-5-15(12,13)14/h4-10H2,1-3H3;1-4,8H,5H2,(H,12,13,14)/q+1;/p-1. The first-order valence-corrected chi connectivity index (χ1v) is 11.8. The van der Waals surface area contributed by atoms with Crippen molar-refractivity contribution in [3.8, 4) is 0 Å². The Kier molecular flexibility index (Phi) is 6.88. The Labute approximate surface area is 187 Å². The number of anilines is 1. The van der Waals surface area contributed by atoms with Crippen molar-refractivity contribution in [2.75, 3.05) is 57.8 Å². The Balaban J connectivity index is 0.000000183. The summed E-state index contributed by atoms with van der Waals surface area (Å²) in [6.45, 7) is 13.2. The minimum atomic E-state index is -4.39. The van der Waals surface area contributed by atoms with E-state index in [0.717, 1.165) is 50.6 Å². The van der Waals surface area contributed by atoms with Gasteiger partial charge < -0.3 is 9.87 Å². The molecule has 0 saturated carbocycles. The van der Waals surface area contributed by atoms with Crippen molar-refractivity contribution in [1.29, 1.82) is 0 Å². The van der Waals surface area contributed by atoms with Crippen molar-refractivity contribution in [1.82, 2.24) is 14.7 Å². The van der Waals surface area contributed by atoms with Gasteiger partial charge in [0, 0.05) is 23.2 Å². The molecule has 32 heavy (non-hydrogen) atoms. The van der Waals surface area contributed by atoms with E-state index in [4.69, 9.17) is 0 Å². The molecule has 4 saturated heterocycles. The van der Waals surface area contributed by atoms with Gasteiger partial charge in [-0.1, -0.05) is 26.8 Å². The van der Waals surface area contributed by atoms with Crippen LogP contribution < -0.4 is 5.32 Å². The number of hydrogen-bond donors (Lipinski definition) is 1. The van der Waals surface area contributed by atoms with E-state index in [0.29, 0.717) is 12.3 Å². The molecule has 4 heterocycles.